The summed E-state index contributed by atoms with van der Waals surface area (Å²) in [7, 11) is 0. The highest BCUT2D eigenvalue weighted by molar-refractivity contribution is 5.98. The summed E-state index contributed by atoms with van der Waals surface area (Å²) in [4.78, 5) is 11.8. The molecule has 0 radical (unpaired) electrons. The number of rotatable bonds is 1. The molecule has 2 nitrogen and oxygen atoms in total. The topological polar surface area (TPSA) is 22.0 Å². The molecule has 0 atom stereocenters. The van der Waals surface area contributed by atoms with Crippen LogP contribution in [0.5, 0.6) is 0 Å². The third kappa shape index (κ3) is 1.67. The summed E-state index contributed by atoms with van der Waals surface area (Å²) in [5.74, 6) is -0.0142. The summed E-state index contributed by atoms with van der Waals surface area (Å²) in [6, 6.07) is 7.02. The monoisotopic (exact) mass is 243 g/mol. The van der Waals surface area contributed by atoms with Crippen LogP contribution < -0.4 is 0 Å². The van der Waals surface area contributed by atoms with E-state index in [2.05, 4.69) is 0 Å². The number of fused-ring (bicyclic) bond motifs is 1. The second-order valence-electron chi connectivity index (χ2n) is 4.76. The molecule has 2 aromatic rings. The van der Waals surface area contributed by atoms with E-state index in [-0.39, 0.29) is 11.6 Å². The highest BCUT2D eigenvalue weighted by Gasteiger charge is 2.21. The molecular formula is C15H14FNO. The quantitative estimate of drug-likeness (QED) is 0.752. The van der Waals surface area contributed by atoms with Crippen molar-refractivity contribution in [2.75, 3.05) is 0 Å². The number of carbonyl (C=O) groups is 1. The molecule has 0 amide bonds. The smallest absolute Gasteiger partial charge is 0.164 e. The van der Waals surface area contributed by atoms with Gasteiger partial charge in [-0.15, -0.1) is 0 Å². The summed E-state index contributed by atoms with van der Waals surface area (Å²) < 4.78 is 15.5. The standard InChI is InChI=1S/C15H14FNO/c1-10-5-6-11(9-13(10)16)17-8-7-12-14(17)3-2-4-15(12)18/h5-9H,2-4H2,1H3. The van der Waals surface area contributed by atoms with E-state index in [1.54, 1.807) is 13.0 Å². The van der Waals surface area contributed by atoms with Crippen LogP contribution in [0.25, 0.3) is 5.69 Å². The largest absolute Gasteiger partial charge is 0.320 e. The van der Waals surface area contributed by atoms with Crippen LogP contribution in [0.15, 0.2) is 30.5 Å². The minimum Gasteiger partial charge on any atom is -0.320 e. The number of Topliss-reactive ketones (excluding diaryl/α,β-unsaturated/α-hetero) is 1. The summed E-state index contributed by atoms with van der Waals surface area (Å²) in [6.45, 7) is 1.74. The molecule has 18 heavy (non-hydrogen) atoms. The summed E-state index contributed by atoms with van der Waals surface area (Å²) in [5, 5.41) is 0. The molecule has 3 heteroatoms. The Morgan fingerprint density at radius 2 is 2.06 bits per heavy atom. The molecule has 1 aliphatic carbocycles. The van der Waals surface area contributed by atoms with E-state index in [1.807, 2.05) is 22.9 Å². The van der Waals surface area contributed by atoms with Crippen molar-refractivity contribution in [3.05, 3.63) is 53.1 Å². The Kier molecular flexibility index (Phi) is 2.54. The van der Waals surface area contributed by atoms with Gasteiger partial charge in [-0.2, -0.15) is 0 Å². The van der Waals surface area contributed by atoms with E-state index in [4.69, 9.17) is 0 Å². The summed E-state index contributed by atoms with van der Waals surface area (Å²) in [5.41, 5.74) is 3.22. The number of nitrogens with zero attached hydrogens (tertiary/aromatic N) is 1. The third-order valence-electron chi connectivity index (χ3n) is 3.54. The maximum absolute atomic E-state index is 13.6. The SMILES string of the molecule is Cc1ccc(-n2ccc3c2CCCC3=O)cc1F. The van der Waals surface area contributed by atoms with Gasteiger partial charge in [-0.1, -0.05) is 6.07 Å². The zero-order valence-corrected chi connectivity index (χ0v) is 10.2. The molecule has 1 aliphatic rings. The van der Waals surface area contributed by atoms with E-state index < -0.39 is 0 Å². The molecule has 0 aliphatic heterocycles. The minimum atomic E-state index is -0.211. The number of aromatic nitrogens is 1. The number of halogens is 1. The molecule has 1 aromatic heterocycles. The van der Waals surface area contributed by atoms with Crippen LogP contribution in [0.2, 0.25) is 0 Å². The Bertz CT molecular complexity index is 627. The first-order valence-corrected chi connectivity index (χ1v) is 6.17. The number of ketones is 1. The lowest BCUT2D eigenvalue weighted by molar-refractivity contribution is 0.0972. The average molecular weight is 243 g/mol. The molecule has 0 N–H and O–H groups in total. The highest BCUT2D eigenvalue weighted by Crippen LogP contribution is 2.25. The van der Waals surface area contributed by atoms with Crippen LogP contribution >= 0.6 is 0 Å². The van der Waals surface area contributed by atoms with E-state index in [0.29, 0.717) is 12.0 Å². The van der Waals surface area contributed by atoms with Crippen LogP contribution in [-0.4, -0.2) is 10.4 Å². The Morgan fingerprint density at radius 1 is 1.22 bits per heavy atom. The van der Waals surface area contributed by atoms with Crippen LogP contribution in [0.3, 0.4) is 0 Å². The molecule has 0 bridgehead atoms. The first-order chi connectivity index (χ1) is 8.66. The fourth-order valence-electron chi connectivity index (χ4n) is 2.50. The zero-order valence-electron chi connectivity index (χ0n) is 10.2. The highest BCUT2D eigenvalue weighted by atomic mass is 19.1. The fraction of sp³-hybridized carbons (Fsp3) is 0.267. The number of benzene rings is 1. The predicted molar refractivity (Wildman–Crippen MR) is 67.7 cm³/mol. The number of carbonyl (C=O) groups excluding carboxylic acids is 1. The van der Waals surface area contributed by atoms with Crippen LogP contribution in [0, 0.1) is 12.7 Å². The molecule has 0 saturated carbocycles. The van der Waals surface area contributed by atoms with Gasteiger partial charge in [0.15, 0.2) is 5.78 Å². The van der Waals surface area contributed by atoms with E-state index >= 15 is 0 Å². The van der Waals surface area contributed by atoms with Crippen molar-refractivity contribution >= 4 is 5.78 Å². The van der Waals surface area contributed by atoms with Gasteiger partial charge in [0, 0.05) is 29.6 Å². The third-order valence-corrected chi connectivity index (χ3v) is 3.54. The molecule has 3 rings (SSSR count). The van der Waals surface area contributed by atoms with Gasteiger partial charge in [-0.3, -0.25) is 4.79 Å². The van der Waals surface area contributed by atoms with Crippen molar-refractivity contribution in [3.63, 3.8) is 0 Å². The van der Waals surface area contributed by atoms with Crippen molar-refractivity contribution in [2.45, 2.75) is 26.2 Å². The van der Waals surface area contributed by atoms with Gasteiger partial charge in [0.2, 0.25) is 0 Å². The Labute approximate surface area is 105 Å². The van der Waals surface area contributed by atoms with Gasteiger partial charge in [0.1, 0.15) is 5.82 Å². The Hall–Kier alpha value is -1.90. The maximum atomic E-state index is 13.6. The first-order valence-electron chi connectivity index (χ1n) is 6.17. The van der Waals surface area contributed by atoms with E-state index in [9.17, 15) is 9.18 Å². The van der Waals surface area contributed by atoms with Gasteiger partial charge >= 0.3 is 0 Å². The van der Waals surface area contributed by atoms with Gasteiger partial charge in [-0.05, 0) is 43.5 Å². The molecule has 1 aromatic carbocycles. The average Bonchev–Trinajstić information content (AvgIpc) is 2.78. The molecule has 0 unspecified atom stereocenters. The van der Waals surface area contributed by atoms with Crippen molar-refractivity contribution in [2.24, 2.45) is 0 Å². The van der Waals surface area contributed by atoms with Gasteiger partial charge < -0.3 is 4.57 Å². The van der Waals surface area contributed by atoms with E-state index in [1.165, 1.54) is 6.07 Å². The van der Waals surface area contributed by atoms with Gasteiger partial charge in [0.05, 0.1) is 0 Å². The molecule has 0 spiro atoms. The number of hydrogen-bond acceptors (Lipinski definition) is 1. The van der Waals surface area contributed by atoms with Crippen molar-refractivity contribution in [1.29, 1.82) is 0 Å². The lowest BCUT2D eigenvalue weighted by Gasteiger charge is -2.15. The molecule has 1 heterocycles. The second kappa shape index (κ2) is 4.09. The van der Waals surface area contributed by atoms with Gasteiger partial charge in [-0.25, -0.2) is 4.39 Å². The Morgan fingerprint density at radius 3 is 2.83 bits per heavy atom. The van der Waals surface area contributed by atoms with Crippen molar-refractivity contribution < 1.29 is 9.18 Å². The molecule has 0 fully saturated rings. The zero-order chi connectivity index (χ0) is 12.7. The lowest BCUT2D eigenvalue weighted by Crippen LogP contribution is -2.12. The first kappa shape index (κ1) is 11.2. The van der Waals surface area contributed by atoms with Crippen LogP contribution in [0.4, 0.5) is 4.39 Å². The minimum absolute atomic E-state index is 0.197. The predicted octanol–water partition coefficient (Wildman–Crippen LogP) is 3.44. The lowest BCUT2D eigenvalue weighted by atomic mass is 9.97. The van der Waals surface area contributed by atoms with Crippen LogP contribution in [0.1, 0.15) is 34.5 Å². The van der Waals surface area contributed by atoms with Crippen molar-refractivity contribution in [1.82, 2.24) is 4.57 Å². The fourth-order valence-corrected chi connectivity index (χ4v) is 2.50. The van der Waals surface area contributed by atoms with Crippen LogP contribution in [-0.2, 0) is 6.42 Å². The molecule has 92 valence electrons. The Balaban J connectivity index is 2.12. The van der Waals surface area contributed by atoms with E-state index in [0.717, 1.165) is 29.8 Å². The van der Waals surface area contributed by atoms with Crippen molar-refractivity contribution in [3.8, 4) is 5.69 Å². The van der Waals surface area contributed by atoms with Gasteiger partial charge in [0.25, 0.3) is 0 Å². The summed E-state index contributed by atoms with van der Waals surface area (Å²) in [6.07, 6.45) is 4.24. The second-order valence-corrected chi connectivity index (χ2v) is 4.76. The summed E-state index contributed by atoms with van der Waals surface area (Å²) >= 11 is 0. The normalized spacial score (nSPS) is 14.7. The molecular weight excluding hydrogens is 229 g/mol. The number of aryl methyl sites for hydroxylation is 1. The molecule has 0 saturated heterocycles. The maximum Gasteiger partial charge on any atom is 0.164 e. The number of hydrogen-bond donors (Lipinski definition) is 0.